The molecule has 1 aromatic rings. The number of hydrogen-bond donors (Lipinski definition) is 1. The summed E-state index contributed by atoms with van der Waals surface area (Å²) in [5, 5.41) is 3.38. The molecule has 1 atom stereocenters. The third-order valence-electron chi connectivity index (χ3n) is 3.52. The van der Waals surface area contributed by atoms with Gasteiger partial charge in [0.15, 0.2) is 5.96 Å². The molecular formula is C17H27N3O2. The van der Waals surface area contributed by atoms with Crippen molar-refractivity contribution in [3.05, 3.63) is 35.9 Å². The summed E-state index contributed by atoms with van der Waals surface area (Å²) < 4.78 is 11.0. The van der Waals surface area contributed by atoms with Crippen LogP contribution in [0.15, 0.2) is 35.3 Å². The van der Waals surface area contributed by atoms with Crippen molar-refractivity contribution >= 4 is 5.96 Å². The molecule has 1 heterocycles. The van der Waals surface area contributed by atoms with Gasteiger partial charge in [-0.1, -0.05) is 30.3 Å². The quantitative estimate of drug-likeness (QED) is 0.475. The van der Waals surface area contributed by atoms with Crippen molar-refractivity contribution in [2.75, 3.05) is 40.5 Å². The van der Waals surface area contributed by atoms with E-state index in [1.54, 1.807) is 0 Å². The summed E-state index contributed by atoms with van der Waals surface area (Å²) in [4.78, 5) is 6.65. The van der Waals surface area contributed by atoms with E-state index in [1.807, 2.05) is 37.2 Å². The average molecular weight is 305 g/mol. The molecule has 2 rings (SSSR count). The van der Waals surface area contributed by atoms with Crippen LogP contribution < -0.4 is 5.32 Å². The van der Waals surface area contributed by atoms with Crippen LogP contribution in [-0.2, 0) is 16.0 Å². The highest BCUT2D eigenvalue weighted by Crippen LogP contribution is 2.08. The van der Waals surface area contributed by atoms with Crippen molar-refractivity contribution < 1.29 is 9.47 Å². The molecule has 1 aromatic carbocycles. The molecule has 0 aliphatic carbocycles. The molecule has 1 fully saturated rings. The van der Waals surface area contributed by atoms with E-state index in [2.05, 4.69) is 22.4 Å². The minimum Gasteiger partial charge on any atom is -0.379 e. The fourth-order valence-corrected chi connectivity index (χ4v) is 2.27. The Bertz CT molecular complexity index is 442. The van der Waals surface area contributed by atoms with E-state index >= 15 is 0 Å². The van der Waals surface area contributed by atoms with Crippen molar-refractivity contribution in [2.24, 2.45) is 4.99 Å². The normalized spacial score (nSPS) is 18.5. The zero-order chi connectivity index (χ0) is 15.6. The van der Waals surface area contributed by atoms with Crippen LogP contribution in [0, 0.1) is 0 Å². The average Bonchev–Trinajstić information content (AvgIpc) is 3.04. The fraction of sp³-hybridized carbons (Fsp3) is 0.588. The summed E-state index contributed by atoms with van der Waals surface area (Å²) in [6, 6.07) is 10.3. The lowest BCUT2D eigenvalue weighted by Crippen LogP contribution is -2.37. The lowest BCUT2D eigenvalue weighted by molar-refractivity contribution is 0.0419. The Balaban J connectivity index is 1.67. The second kappa shape index (κ2) is 9.43. The molecule has 0 spiro atoms. The van der Waals surface area contributed by atoms with Crippen molar-refractivity contribution in [3.8, 4) is 0 Å². The predicted molar refractivity (Wildman–Crippen MR) is 89.1 cm³/mol. The van der Waals surface area contributed by atoms with Gasteiger partial charge in [-0.2, -0.15) is 0 Å². The molecule has 0 saturated carbocycles. The van der Waals surface area contributed by atoms with Gasteiger partial charge in [-0.25, -0.2) is 4.99 Å². The number of ether oxygens (including phenoxy) is 2. The first-order valence-electron chi connectivity index (χ1n) is 7.94. The molecule has 0 aromatic heterocycles. The van der Waals surface area contributed by atoms with E-state index in [9.17, 15) is 0 Å². The first kappa shape index (κ1) is 16.8. The summed E-state index contributed by atoms with van der Waals surface area (Å²) in [5.41, 5.74) is 1.22. The highest BCUT2D eigenvalue weighted by atomic mass is 16.5. The highest BCUT2D eigenvalue weighted by molar-refractivity contribution is 5.79. The van der Waals surface area contributed by atoms with Crippen LogP contribution in [0.25, 0.3) is 0 Å². The third kappa shape index (κ3) is 6.03. The van der Waals surface area contributed by atoms with Crippen LogP contribution in [0.3, 0.4) is 0 Å². The van der Waals surface area contributed by atoms with Crippen LogP contribution >= 0.6 is 0 Å². The van der Waals surface area contributed by atoms with Gasteiger partial charge in [0.1, 0.15) is 0 Å². The van der Waals surface area contributed by atoms with E-state index in [-0.39, 0.29) is 0 Å². The SMILES string of the molecule is CN(C)C(=NCc1ccccc1)NCCCOC1CCOC1. The van der Waals surface area contributed by atoms with Crippen LogP contribution in [0.1, 0.15) is 18.4 Å². The number of aliphatic imine (C=N–C) groups is 1. The topological polar surface area (TPSA) is 46.1 Å². The number of hydrogen-bond acceptors (Lipinski definition) is 3. The molecular weight excluding hydrogens is 278 g/mol. The van der Waals surface area contributed by atoms with E-state index in [1.165, 1.54) is 5.56 Å². The summed E-state index contributed by atoms with van der Waals surface area (Å²) in [5.74, 6) is 0.910. The van der Waals surface area contributed by atoms with Crippen molar-refractivity contribution in [3.63, 3.8) is 0 Å². The molecule has 1 unspecified atom stereocenters. The van der Waals surface area contributed by atoms with E-state index in [0.29, 0.717) is 12.6 Å². The maximum atomic E-state index is 5.76. The molecule has 1 aliphatic rings. The first-order chi connectivity index (χ1) is 10.8. The molecule has 1 aliphatic heterocycles. The van der Waals surface area contributed by atoms with Crippen LogP contribution in [-0.4, -0.2) is 57.4 Å². The van der Waals surface area contributed by atoms with Gasteiger partial charge in [-0.3, -0.25) is 0 Å². The van der Waals surface area contributed by atoms with Gasteiger partial charge in [-0.15, -0.1) is 0 Å². The third-order valence-corrected chi connectivity index (χ3v) is 3.52. The second-order valence-electron chi connectivity index (χ2n) is 5.66. The molecule has 1 N–H and O–H groups in total. The second-order valence-corrected chi connectivity index (χ2v) is 5.66. The van der Waals surface area contributed by atoms with Crippen molar-refractivity contribution in [1.82, 2.24) is 10.2 Å². The molecule has 5 heteroatoms. The Morgan fingerprint density at radius 3 is 2.86 bits per heavy atom. The Morgan fingerprint density at radius 2 is 2.18 bits per heavy atom. The Hall–Kier alpha value is -1.59. The molecule has 1 saturated heterocycles. The lowest BCUT2D eigenvalue weighted by atomic mass is 10.2. The molecule has 0 bridgehead atoms. The number of nitrogens with one attached hydrogen (secondary N) is 1. The van der Waals surface area contributed by atoms with Crippen molar-refractivity contribution in [1.29, 1.82) is 0 Å². The largest absolute Gasteiger partial charge is 0.379 e. The van der Waals surface area contributed by atoms with Crippen LogP contribution in [0.4, 0.5) is 0 Å². The van der Waals surface area contributed by atoms with Gasteiger partial charge in [0.2, 0.25) is 0 Å². The van der Waals surface area contributed by atoms with E-state index < -0.39 is 0 Å². The summed E-state index contributed by atoms with van der Waals surface area (Å²) in [7, 11) is 4.01. The number of benzene rings is 1. The van der Waals surface area contributed by atoms with Crippen molar-refractivity contribution in [2.45, 2.75) is 25.5 Å². The molecule has 0 radical (unpaired) electrons. The number of rotatable bonds is 7. The van der Waals surface area contributed by atoms with E-state index in [0.717, 1.165) is 45.2 Å². The number of guanidine groups is 1. The summed E-state index contributed by atoms with van der Waals surface area (Å²) in [6.07, 6.45) is 2.28. The Labute approximate surface area is 133 Å². The fourth-order valence-electron chi connectivity index (χ4n) is 2.27. The predicted octanol–water partition coefficient (Wildman–Crippen LogP) is 1.89. The minimum atomic E-state index is 0.292. The number of nitrogens with zero attached hydrogens (tertiary/aromatic N) is 2. The standard InChI is InChI=1S/C17H27N3O2/c1-20(2)17(19-13-15-7-4-3-5-8-15)18-10-6-11-22-16-9-12-21-14-16/h3-5,7-8,16H,6,9-14H2,1-2H3,(H,18,19). The highest BCUT2D eigenvalue weighted by Gasteiger charge is 2.15. The monoisotopic (exact) mass is 305 g/mol. The van der Waals surface area contributed by atoms with Gasteiger partial charge < -0.3 is 19.7 Å². The van der Waals surface area contributed by atoms with Gasteiger partial charge in [0.05, 0.1) is 19.3 Å². The maximum absolute atomic E-state index is 5.76. The summed E-state index contributed by atoms with van der Waals surface area (Å²) in [6.45, 7) is 3.89. The van der Waals surface area contributed by atoms with Gasteiger partial charge in [0.25, 0.3) is 0 Å². The minimum absolute atomic E-state index is 0.292. The van der Waals surface area contributed by atoms with E-state index in [4.69, 9.17) is 9.47 Å². The van der Waals surface area contributed by atoms with Gasteiger partial charge in [0, 0.05) is 33.9 Å². The molecule has 122 valence electrons. The van der Waals surface area contributed by atoms with Crippen LogP contribution in [0.5, 0.6) is 0 Å². The van der Waals surface area contributed by atoms with Crippen LogP contribution in [0.2, 0.25) is 0 Å². The lowest BCUT2D eigenvalue weighted by Gasteiger charge is -2.18. The molecule has 0 amide bonds. The van der Waals surface area contributed by atoms with Gasteiger partial charge in [-0.05, 0) is 18.4 Å². The molecule has 5 nitrogen and oxygen atoms in total. The smallest absolute Gasteiger partial charge is 0.193 e. The van der Waals surface area contributed by atoms with Gasteiger partial charge >= 0.3 is 0 Å². The Kier molecular flexibility index (Phi) is 7.19. The maximum Gasteiger partial charge on any atom is 0.193 e. The summed E-state index contributed by atoms with van der Waals surface area (Å²) >= 11 is 0. The first-order valence-corrected chi connectivity index (χ1v) is 7.94. The Morgan fingerprint density at radius 1 is 1.36 bits per heavy atom. The zero-order valence-electron chi connectivity index (χ0n) is 13.6. The zero-order valence-corrected chi connectivity index (χ0v) is 13.6. The molecule has 22 heavy (non-hydrogen) atoms.